The summed E-state index contributed by atoms with van der Waals surface area (Å²) in [5.74, 6) is 0.368. The number of benzene rings is 1. The third kappa shape index (κ3) is 2.51. The Hall–Kier alpha value is -3.22. The van der Waals surface area contributed by atoms with Crippen molar-refractivity contribution in [2.75, 3.05) is 0 Å². The summed E-state index contributed by atoms with van der Waals surface area (Å²) in [5.41, 5.74) is 1.35. The van der Waals surface area contributed by atoms with E-state index in [4.69, 9.17) is 4.42 Å². The topological polar surface area (TPSA) is 94.9 Å². The van der Waals surface area contributed by atoms with E-state index in [-0.39, 0.29) is 5.69 Å². The minimum absolute atomic E-state index is 0.0175. The standard InChI is InChI=1S/C15H10N2O5/c1-9-13(15(18)22-16-9)8-12-5-6-14(21-12)10-3-2-4-11(7-10)17(19)20/h2-8H,1H3/b13-8+. The zero-order valence-corrected chi connectivity index (χ0v) is 11.5. The number of hydrogen-bond acceptors (Lipinski definition) is 6. The summed E-state index contributed by atoms with van der Waals surface area (Å²) in [6.45, 7) is 1.65. The molecule has 2 heterocycles. The van der Waals surface area contributed by atoms with Gasteiger partial charge in [0.05, 0.1) is 16.2 Å². The van der Waals surface area contributed by atoms with Crippen LogP contribution in [0.25, 0.3) is 17.4 Å². The van der Waals surface area contributed by atoms with Crippen LogP contribution in [0.2, 0.25) is 0 Å². The molecule has 1 aliphatic heterocycles. The molecule has 0 atom stereocenters. The van der Waals surface area contributed by atoms with Crippen LogP contribution in [0.3, 0.4) is 0 Å². The Morgan fingerprint density at radius 2 is 2.09 bits per heavy atom. The third-order valence-corrected chi connectivity index (χ3v) is 3.13. The fourth-order valence-corrected chi connectivity index (χ4v) is 2.02. The second-order valence-corrected chi connectivity index (χ2v) is 4.62. The Bertz CT molecular complexity index is 832. The van der Waals surface area contributed by atoms with Crippen molar-refractivity contribution < 1.29 is 19.0 Å². The molecule has 3 rings (SSSR count). The van der Waals surface area contributed by atoms with Gasteiger partial charge in [-0.15, -0.1) is 0 Å². The predicted molar refractivity (Wildman–Crippen MR) is 78.0 cm³/mol. The summed E-state index contributed by atoms with van der Waals surface area (Å²) in [5, 5.41) is 14.4. The van der Waals surface area contributed by atoms with Gasteiger partial charge in [-0.05, 0) is 25.1 Å². The lowest BCUT2D eigenvalue weighted by molar-refractivity contribution is -0.384. The molecule has 0 fully saturated rings. The van der Waals surface area contributed by atoms with Crippen molar-refractivity contribution in [1.82, 2.24) is 0 Å². The van der Waals surface area contributed by atoms with E-state index in [0.29, 0.717) is 28.4 Å². The lowest BCUT2D eigenvalue weighted by Gasteiger charge is -1.97. The highest BCUT2D eigenvalue weighted by atomic mass is 16.7. The summed E-state index contributed by atoms with van der Waals surface area (Å²) in [4.78, 5) is 26.3. The summed E-state index contributed by atoms with van der Waals surface area (Å²) >= 11 is 0. The number of hydrogen-bond donors (Lipinski definition) is 0. The minimum atomic E-state index is -0.536. The van der Waals surface area contributed by atoms with Crippen LogP contribution >= 0.6 is 0 Å². The molecule has 1 aromatic carbocycles. The van der Waals surface area contributed by atoms with Crippen molar-refractivity contribution in [3.63, 3.8) is 0 Å². The minimum Gasteiger partial charge on any atom is -0.457 e. The van der Waals surface area contributed by atoms with E-state index in [1.165, 1.54) is 18.2 Å². The largest absolute Gasteiger partial charge is 0.457 e. The molecule has 2 aromatic rings. The number of nitrogens with zero attached hydrogens (tertiary/aromatic N) is 2. The van der Waals surface area contributed by atoms with E-state index in [0.717, 1.165) is 0 Å². The molecule has 0 amide bonds. The Morgan fingerprint density at radius 1 is 1.27 bits per heavy atom. The second-order valence-electron chi connectivity index (χ2n) is 4.62. The van der Waals surface area contributed by atoms with Crippen molar-refractivity contribution in [1.29, 1.82) is 0 Å². The Morgan fingerprint density at radius 3 is 2.77 bits per heavy atom. The number of nitro groups is 1. The number of carbonyl (C=O) groups excluding carboxylic acids is 1. The number of nitro benzene ring substituents is 1. The van der Waals surface area contributed by atoms with Crippen molar-refractivity contribution in [3.05, 3.63) is 57.8 Å². The molecule has 22 heavy (non-hydrogen) atoms. The van der Waals surface area contributed by atoms with Crippen LogP contribution in [0.4, 0.5) is 5.69 Å². The molecule has 0 unspecified atom stereocenters. The van der Waals surface area contributed by atoms with Gasteiger partial charge in [-0.2, -0.15) is 0 Å². The zero-order chi connectivity index (χ0) is 15.7. The van der Waals surface area contributed by atoms with E-state index in [9.17, 15) is 14.9 Å². The fraction of sp³-hybridized carbons (Fsp3) is 0.0667. The molecule has 7 nitrogen and oxygen atoms in total. The third-order valence-electron chi connectivity index (χ3n) is 3.13. The highest BCUT2D eigenvalue weighted by molar-refractivity contribution is 6.24. The van der Waals surface area contributed by atoms with Crippen LogP contribution in [0.5, 0.6) is 0 Å². The van der Waals surface area contributed by atoms with Gasteiger partial charge in [0, 0.05) is 17.7 Å². The van der Waals surface area contributed by atoms with Gasteiger partial charge in [0.25, 0.3) is 5.69 Å². The van der Waals surface area contributed by atoms with Crippen LogP contribution in [-0.4, -0.2) is 16.6 Å². The highest BCUT2D eigenvalue weighted by Gasteiger charge is 2.22. The Balaban J connectivity index is 1.93. The number of oxime groups is 1. The molecular weight excluding hydrogens is 288 g/mol. The van der Waals surface area contributed by atoms with Gasteiger partial charge in [0.15, 0.2) is 0 Å². The summed E-state index contributed by atoms with van der Waals surface area (Å²) in [7, 11) is 0. The fourth-order valence-electron chi connectivity index (χ4n) is 2.02. The Labute approximate surface area is 124 Å². The summed E-state index contributed by atoms with van der Waals surface area (Å²) < 4.78 is 5.60. The average molecular weight is 298 g/mol. The molecule has 1 aliphatic rings. The van der Waals surface area contributed by atoms with Gasteiger partial charge < -0.3 is 9.25 Å². The average Bonchev–Trinajstić information content (AvgIpc) is 3.10. The molecule has 110 valence electrons. The van der Waals surface area contributed by atoms with E-state index in [2.05, 4.69) is 9.99 Å². The van der Waals surface area contributed by atoms with Crippen LogP contribution in [0, 0.1) is 10.1 Å². The van der Waals surface area contributed by atoms with Crippen molar-refractivity contribution in [2.24, 2.45) is 5.16 Å². The predicted octanol–water partition coefficient (Wildman–Crippen LogP) is 3.17. The molecule has 1 aromatic heterocycles. The number of rotatable bonds is 3. The van der Waals surface area contributed by atoms with Crippen molar-refractivity contribution in [3.8, 4) is 11.3 Å². The molecule has 0 saturated carbocycles. The molecular formula is C15H10N2O5. The molecule has 0 aliphatic carbocycles. The number of carbonyl (C=O) groups is 1. The van der Waals surface area contributed by atoms with Crippen LogP contribution in [0.1, 0.15) is 12.7 Å². The molecule has 0 bridgehead atoms. The van der Waals surface area contributed by atoms with Crippen LogP contribution < -0.4 is 0 Å². The number of non-ortho nitro benzene ring substituents is 1. The SMILES string of the molecule is CC1=NOC(=O)/C1=C/c1ccc(-c2cccc([N+](=O)[O-])c2)o1. The first-order valence-corrected chi connectivity index (χ1v) is 6.37. The molecule has 0 N–H and O–H groups in total. The second kappa shape index (κ2) is 5.28. The molecule has 7 heteroatoms. The summed E-state index contributed by atoms with van der Waals surface area (Å²) in [6.07, 6.45) is 1.52. The van der Waals surface area contributed by atoms with E-state index in [1.54, 1.807) is 31.2 Å². The van der Waals surface area contributed by atoms with Gasteiger partial charge in [0.2, 0.25) is 0 Å². The van der Waals surface area contributed by atoms with Gasteiger partial charge >= 0.3 is 5.97 Å². The van der Waals surface area contributed by atoms with Crippen molar-refractivity contribution >= 4 is 23.4 Å². The van der Waals surface area contributed by atoms with Gasteiger partial charge in [-0.3, -0.25) is 10.1 Å². The van der Waals surface area contributed by atoms with Crippen LogP contribution in [-0.2, 0) is 9.63 Å². The maximum atomic E-state index is 11.5. The number of furan rings is 1. The molecule has 0 saturated heterocycles. The lowest BCUT2D eigenvalue weighted by atomic mass is 10.1. The van der Waals surface area contributed by atoms with Crippen LogP contribution in [0.15, 0.2) is 51.5 Å². The normalized spacial score (nSPS) is 15.8. The van der Waals surface area contributed by atoms with Gasteiger partial charge in [-0.1, -0.05) is 17.3 Å². The first kappa shape index (κ1) is 13.7. The maximum Gasteiger partial charge on any atom is 0.367 e. The Kier molecular flexibility index (Phi) is 3.30. The first-order valence-electron chi connectivity index (χ1n) is 6.37. The summed E-state index contributed by atoms with van der Waals surface area (Å²) in [6, 6.07) is 9.47. The van der Waals surface area contributed by atoms with Gasteiger partial charge in [-0.25, -0.2) is 4.79 Å². The van der Waals surface area contributed by atoms with E-state index >= 15 is 0 Å². The van der Waals surface area contributed by atoms with E-state index in [1.807, 2.05) is 0 Å². The first-order chi connectivity index (χ1) is 10.5. The van der Waals surface area contributed by atoms with Gasteiger partial charge in [0.1, 0.15) is 11.5 Å². The smallest absolute Gasteiger partial charge is 0.367 e. The quantitative estimate of drug-likeness (QED) is 0.375. The highest BCUT2D eigenvalue weighted by Crippen LogP contribution is 2.27. The maximum absolute atomic E-state index is 11.5. The zero-order valence-electron chi connectivity index (χ0n) is 11.5. The van der Waals surface area contributed by atoms with Crippen molar-refractivity contribution in [2.45, 2.75) is 6.92 Å². The molecule has 0 spiro atoms. The van der Waals surface area contributed by atoms with E-state index < -0.39 is 10.9 Å². The molecule has 0 radical (unpaired) electrons. The lowest BCUT2D eigenvalue weighted by Crippen LogP contribution is -2.01. The monoisotopic (exact) mass is 298 g/mol.